The molecule has 1 unspecified atom stereocenters. The Labute approximate surface area is 125 Å². The highest BCUT2D eigenvalue weighted by Gasteiger charge is 2.26. The lowest BCUT2D eigenvalue weighted by molar-refractivity contribution is 0.0900. The number of aromatic hydroxyl groups is 1. The maximum atomic E-state index is 12.2. The largest absolute Gasteiger partial charge is 0.504 e. The number of hydrogen-bond donors (Lipinski definition) is 2. The Balaban J connectivity index is 2.86. The summed E-state index contributed by atoms with van der Waals surface area (Å²) < 4.78 is 4.95. The number of phenols is 1. The summed E-state index contributed by atoms with van der Waals surface area (Å²) in [5, 5.41) is 12.7. The summed E-state index contributed by atoms with van der Waals surface area (Å²) in [4.78, 5) is 12.2. The Morgan fingerprint density at radius 3 is 2.55 bits per heavy atom. The van der Waals surface area contributed by atoms with Crippen LogP contribution in [0.25, 0.3) is 0 Å². The summed E-state index contributed by atoms with van der Waals surface area (Å²) in [7, 11) is 1.46. The number of benzene rings is 1. The Hall–Kier alpha value is -1.42. The van der Waals surface area contributed by atoms with Gasteiger partial charge in [-0.25, -0.2) is 0 Å². The first-order valence-corrected chi connectivity index (χ1v) is 7.07. The molecule has 0 aliphatic rings. The molecule has 1 amide bonds. The number of ether oxygens (including phenoxy) is 1. The maximum absolute atomic E-state index is 12.2. The van der Waals surface area contributed by atoms with Crippen LogP contribution in [-0.2, 0) is 0 Å². The van der Waals surface area contributed by atoms with Crippen molar-refractivity contribution in [2.75, 3.05) is 13.0 Å². The predicted molar refractivity (Wildman–Crippen MR) is 80.7 cm³/mol. The topological polar surface area (TPSA) is 58.6 Å². The minimum Gasteiger partial charge on any atom is -0.504 e. The molecule has 1 rings (SSSR count). The lowest BCUT2D eigenvalue weighted by Crippen LogP contribution is -2.44. The third-order valence-corrected chi connectivity index (χ3v) is 3.41. The van der Waals surface area contributed by atoms with Crippen molar-refractivity contribution in [2.45, 2.75) is 33.2 Å². The van der Waals surface area contributed by atoms with Crippen molar-refractivity contribution in [3.8, 4) is 11.5 Å². The van der Waals surface area contributed by atoms with E-state index in [1.807, 2.05) is 0 Å². The van der Waals surface area contributed by atoms with Crippen molar-refractivity contribution in [1.82, 2.24) is 5.32 Å². The molecule has 1 aromatic carbocycles. The van der Waals surface area contributed by atoms with Crippen LogP contribution < -0.4 is 10.1 Å². The molecule has 0 aliphatic carbocycles. The standard InChI is InChI=1S/C15H22ClNO3/c1-15(2,3)13(7-8-16)17-14(19)10-5-6-12(20-4)11(18)9-10/h5-6,9,13,18H,7-8H2,1-4H3,(H,17,19). The normalized spacial score (nSPS) is 12.8. The van der Waals surface area contributed by atoms with Gasteiger partial charge in [-0.05, 0) is 30.0 Å². The van der Waals surface area contributed by atoms with E-state index >= 15 is 0 Å². The number of rotatable bonds is 5. The molecule has 1 atom stereocenters. The van der Waals surface area contributed by atoms with E-state index in [1.165, 1.54) is 13.2 Å². The average Bonchev–Trinajstić information content (AvgIpc) is 2.36. The fourth-order valence-electron chi connectivity index (χ4n) is 1.90. The quantitative estimate of drug-likeness (QED) is 0.821. The molecule has 1 aromatic rings. The Morgan fingerprint density at radius 2 is 2.10 bits per heavy atom. The van der Waals surface area contributed by atoms with Gasteiger partial charge in [0, 0.05) is 17.5 Å². The van der Waals surface area contributed by atoms with E-state index < -0.39 is 0 Å². The molecule has 0 saturated carbocycles. The molecule has 0 saturated heterocycles. The third kappa shape index (κ3) is 4.30. The monoisotopic (exact) mass is 299 g/mol. The molecule has 0 aliphatic heterocycles. The summed E-state index contributed by atoms with van der Waals surface area (Å²) in [6.07, 6.45) is 0.693. The van der Waals surface area contributed by atoms with E-state index in [0.717, 1.165) is 0 Å². The van der Waals surface area contributed by atoms with Gasteiger partial charge >= 0.3 is 0 Å². The smallest absolute Gasteiger partial charge is 0.251 e. The highest BCUT2D eigenvalue weighted by molar-refractivity contribution is 6.17. The predicted octanol–water partition coefficient (Wildman–Crippen LogP) is 3.17. The Kier molecular flexibility index (Phi) is 5.69. The molecule has 112 valence electrons. The van der Waals surface area contributed by atoms with E-state index in [2.05, 4.69) is 26.1 Å². The van der Waals surface area contributed by atoms with Crippen LogP contribution in [0.15, 0.2) is 18.2 Å². The van der Waals surface area contributed by atoms with Crippen LogP contribution in [0.4, 0.5) is 0 Å². The van der Waals surface area contributed by atoms with Crippen LogP contribution in [0.3, 0.4) is 0 Å². The summed E-state index contributed by atoms with van der Waals surface area (Å²) in [6, 6.07) is 4.55. The average molecular weight is 300 g/mol. The first-order chi connectivity index (χ1) is 9.29. The van der Waals surface area contributed by atoms with Gasteiger partial charge in [0.2, 0.25) is 0 Å². The zero-order chi connectivity index (χ0) is 15.3. The number of amides is 1. The minimum atomic E-state index is -0.229. The Morgan fingerprint density at radius 1 is 1.45 bits per heavy atom. The number of hydrogen-bond acceptors (Lipinski definition) is 3. The molecule has 5 heteroatoms. The van der Waals surface area contributed by atoms with Crippen molar-refractivity contribution >= 4 is 17.5 Å². The van der Waals surface area contributed by atoms with Gasteiger partial charge < -0.3 is 15.2 Å². The van der Waals surface area contributed by atoms with E-state index in [-0.39, 0.29) is 23.1 Å². The lowest BCUT2D eigenvalue weighted by Gasteiger charge is -2.31. The van der Waals surface area contributed by atoms with E-state index in [4.69, 9.17) is 16.3 Å². The zero-order valence-corrected chi connectivity index (χ0v) is 13.1. The van der Waals surface area contributed by atoms with Gasteiger partial charge in [-0.1, -0.05) is 20.8 Å². The second-order valence-corrected chi connectivity index (χ2v) is 6.13. The van der Waals surface area contributed by atoms with Gasteiger partial charge in [-0.15, -0.1) is 11.6 Å². The summed E-state index contributed by atoms with van der Waals surface area (Å²) in [5.74, 6) is 0.545. The van der Waals surface area contributed by atoms with Gasteiger partial charge in [-0.2, -0.15) is 0 Å². The lowest BCUT2D eigenvalue weighted by atomic mass is 9.85. The molecule has 0 radical (unpaired) electrons. The SMILES string of the molecule is COc1ccc(C(=O)NC(CCCl)C(C)(C)C)cc1O. The van der Waals surface area contributed by atoms with Crippen molar-refractivity contribution in [3.05, 3.63) is 23.8 Å². The number of carbonyl (C=O) groups excluding carboxylic acids is 1. The van der Waals surface area contributed by atoms with Gasteiger partial charge in [0.1, 0.15) is 0 Å². The summed E-state index contributed by atoms with van der Waals surface area (Å²) >= 11 is 5.79. The van der Waals surface area contributed by atoms with Crippen LogP contribution in [0.2, 0.25) is 0 Å². The molecule has 0 heterocycles. The van der Waals surface area contributed by atoms with Gasteiger partial charge in [0.05, 0.1) is 7.11 Å². The highest BCUT2D eigenvalue weighted by Crippen LogP contribution is 2.27. The van der Waals surface area contributed by atoms with Crippen molar-refractivity contribution in [3.63, 3.8) is 0 Å². The zero-order valence-electron chi connectivity index (χ0n) is 12.4. The van der Waals surface area contributed by atoms with E-state index in [9.17, 15) is 9.90 Å². The number of phenolic OH excluding ortho intramolecular Hbond substituents is 1. The number of halogens is 1. The molecule has 2 N–H and O–H groups in total. The number of alkyl halides is 1. The molecule has 20 heavy (non-hydrogen) atoms. The number of methoxy groups -OCH3 is 1. The summed E-state index contributed by atoms with van der Waals surface area (Å²) in [6.45, 7) is 6.15. The number of carbonyl (C=O) groups is 1. The van der Waals surface area contributed by atoms with Crippen LogP contribution in [0, 0.1) is 5.41 Å². The van der Waals surface area contributed by atoms with Crippen LogP contribution in [0.1, 0.15) is 37.6 Å². The van der Waals surface area contributed by atoms with Gasteiger partial charge in [-0.3, -0.25) is 4.79 Å². The molecular weight excluding hydrogens is 278 g/mol. The van der Waals surface area contributed by atoms with Gasteiger partial charge in [0.15, 0.2) is 11.5 Å². The second-order valence-electron chi connectivity index (χ2n) is 5.76. The second kappa shape index (κ2) is 6.84. The third-order valence-electron chi connectivity index (χ3n) is 3.19. The highest BCUT2D eigenvalue weighted by atomic mass is 35.5. The first-order valence-electron chi connectivity index (χ1n) is 6.53. The minimum absolute atomic E-state index is 0.0308. The van der Waals surface area contributed by atoms with E-state index in [1.54, 1.807) is 12.1 Å². The molecule has 4 nitrogen and oxygen atoms in total. The molecular formula is C15H22ClNO3. The van der Waals surface area contributed by atoms with Gasteiger partial charge in [0.25, 0.3) is 5.91 Å². The van der Waals surface area contributed by atoms with Crippen LogP contribution in [-0.4, -0.2) is 30.0 Å². The fraction of sp³-hybridized carbons (Fsp3) is 0.533. The van der Waals surface area contributed by atoms with Crippen LogP contribution >= 0.6 is 11.6 Å². The molecule has 0 bridgehead atoms. The Bertz CT molecular complexity index is 469. The van der Waals surface area contributed by atoms with Crippen molar-refractivity contribution in [1.29, 1.82) is 0 Å². The molecule has 0 spiro atoms. The van der Waals surface area contributed by atoms with Crippen LogP contribution in [0.5, 0.6) is 11.5 Å². The fourth-order valence-corrected chi connectivity index (χ4v) is 2.12. The van der Waals surface area contributed by atoms with E-state index in [0.29, 0.717) is 23.6 Å². The molecule has 0 aromatic heterocycles. The first kappa shape index (κ1) is 16.6. The summed E-state index contributed by atoms with van der Waals surface area (Å²) in [5.41, 5.74) is 0.311. The van der Waals surface area contributed by atoms with Crippen molar-refractivity contribution < 1.29 is 14.6 Å². The number of nitrogens with one attached hydrogen (secondary N) is 1. The van der Waals surface area contributed by atoms with Crippen molar-refractivity contribution in [2.24, 2.45) is 5.41 Å². The maximum Gasteiger partial charge on any atom is 0.251 e. The molecule has 0 fully saturated rings.